The van der Waals surface area contributed by atoms with Crippen molar-refractivity contribution in [2.24, 2.45) is 0 Å². The normalized spacial score (nSPS) is 8.45. The Morgan fingerprint density at radius 1 is 1.27 bits per heavy atom. The Morgan fingerprint density at radius 3 is 2.09 bits per heavy atom. The summed E-state index contributed by atoms with van der Waals surface area (Å²) in [6, 6.07) is 6.75. The minimum atomic E-state index is -0.875. The van der Waals surface area contributed by atoms with Gasteiger partial charge in [0.25, 0.3) is 0 Å². The summed E-state index contributed by atoms with van der Waals surface area (Å²) in [6.07, 6.45) is 0. The number of rotatable bonds is 1. The number of carboxylic acid groups (broad SMARTS) is 1. The van der Waals surface area contributed by atoms with Crippen LogP contribution < -0.4 is 0 Å². The first kappa shape index (κ1) is 11.1. The molecule has 0 aromatic heterocycles. The third-order valence-corrected chi connectivity index (χ3v) is 1.30. The predicted octanol–water partition coefficient (Wildman–Crippen LogP) is 1.69. The molecule has 56 valence electrons. The molecule has 1 aromatic carbocycles. The zero-order chi connectivity index (χ0) is 7.56. The largest absolute Gasteiger partial charge is 0.478 e. The topological polar surface area (TPSA) is 37.3 Å². The Bertz CT molecular complexity index is 241. The molecule has 0 bridgehead atoms. The SMILES string of the molecule is Cc1ccc(C(=O)O)cc1.[Ce]. The molecule has 1 rings (SSSR count). The van der Waals surface area contributed by atoms with Crippen LogP contribution in [0.25, 0.3) is 0 Å². The monoisotopic (exact) mass is 276 g/mol. The quantitative estimate of drug-likeness (QED) is 0.847. The van der Waals surface area contributed by atoms with Crippen LogP contribution in [0.5, 0.6) is 0 Å². The van der Waals surface area contributed by atoms with Gasteiger partial charge in [0.1, 0.15) is 0 Å². The van der Waals surface area contributed by atoms with Gasteiger partial charge in [-0.2, -0.15) is 0 Å². The van der Waals surface area contributed by atoms with E-state index in [0.29, 0.717) is 5.56 Å². The van der Waals surface area contributed by atoms with Gasteiger partial charge in [-0.05, 0) is 19.1 Å². The first-order chi connectivity index (χ1) is 4.70. The van der Waals surface area contributed by atoms with E-state index >= 15 is 0 Å². The fourth-order valence-electron chi connectivity index (χ4n) is 0.696. The first-order valence-electron chi connectivity index (χ1n) is 3.00. The van der Waals surface area contributed by atoms with E-state index < -0.39 is 5.97 Å². The van der Waals surface area contributed by atoms with E-state index in [1.807, 2.05) is 6.92 Å². The van der Waals surface area contributed by atoms with Gasteiger partial charge >= 0.3 is 5.97 Å². The number of aryl methyl sites for hydroxylation is 1. The van der Waals surface area contributed by atoms with Crippen molar-refractivity contribution in [1.82, 2.24) is 0 Å². The van der Waals surface area contributed by atoms with Crippen molar-refractivity contribution in [3.63, 3.8) is 0 Å². The van der Waals surface area contributed by atoms with E-state index in [1.54, 1.807) is 24.3 Å². The van der Waals surface area contributed by atoms with Crippen molar-refractivity contribution in [3.05, 3.63) is 35.4 Å². The smallest absolute Gasteiger partial charge is 0.335 e. The van der Waals surface area contributed by atoms with Gasteiger partial charge in [0.15, 0.2) is 0 Å². The standard InChI is InChI=1S/C8H8O2.Ce/c1-6-2-4-7(5-3-6)8(9)10;/h2-5H,1H3,(H,9,10);. The van der Waals surface area contributed by atoms with Crippen molar-refractivity contribution in [3.8, 4) is 0 Å². The summed E-state index contributed by atoms with van der Waals surface area (Å²) in [5.41, 5.74) is 1.41. The third kappa shape index (κ3) is 3.31. The van der Waals surface area contributed by atoms with Gasteiger partial charge in [-0.15, -0.1) is 0 Å². The minimum Gasteiger partial charge on any atom is -0.478 e. The van der Waals surface area contributed by atoms with Crippen LogP contribution in [0.4, 0.5) is 0 Å². The number of hydrogen-bond donors (Lipinski definition) is 1. The molecule has 0 aliphatic carbocycles. The van der Waals surface area contributed by atoms with E-state index in [1.165, 1.54) is 0 Å². The van der Waals surface area contributed by atoms with Gasteiger partial charge in [0, 0.05) is 41.7 Å². The molecular formula is C8H8CeO2. The van der Waals surface area contributed by atoms with Crippen LogP contribution in [0.15, 0.2) is 24.3 Å². The van der Waals surface area contributed by atoms with Gasteiger partial charge in [-0.25, -0.2) is 4.79 Å². The van der Waals surface area contributed by atoms with Gasteiger partial charge in [0.05, 0.1) is 5.56 Å². The average molecular weight is 276 g/mol. The molecule has 0 unspecified atom stereocenters. The Hall–Kier alpha value is 0.0666. The van der Waals surface area contributed by atoms with Crippen molar-refractivity contribution in [1.29, 1.82) is 0 Å². The molecule has 0 saturated carbocycles. The first-order valence-corrected chi connectivity index (χ1v) is 3.00. The second-order valence-electron chi connectivity index (χ2n) is 2.17. The maximum atomic E-state index is 10.3. The average Bonchev–Trinajstić information content (AvgIpc) is 1.88. The molecule has 0 atom stereocenters. The van der Waals surface area contributed by atoms with Crippen LogP contribution in [-0.4, -0.2) is 11.1 Å². The van der Waals surface area contributed by atoms with Crippen LogP contribution >= 0.6 is 0 Å². The third-order valence-electron chi connectivity index (χ3n) is 1.30. The molecule has 0 aliphatic heterocycles. The molecule has 2 nitrogen and oxygen atoms in total. The number of aromatic carboxylic acids is 1. The Kier molecular flexibility index (Phi) is 4.88. The zero-order valence-electron chi connectivity index (χ0n) is 6.16. The van der Waals surface area contributed by atoms with E-state index in [4.69, 9.17) is 5.11 Å². The molecule has 1 N–H and O–H groups in total. The van der Waals surface area contributed by atoms with Crippen molar-refractivity contribution < 1.29 is 51.6 Å². The number of hydrogen-bond acceptors (Lipinski definition) is 1. The molecule has 0 aliphatic rings. The minimum absolute atomic E-state index is 0. The number of carbonyl (C=O) groups is 1. The van der Waals surface area contributed by atoms with E-state index in [2.05, 4.69) is 0 Å². The Balaban J connectivity index is 0.000001000. The summed E-state index contributed by atoms with van der Waals surface area (Å²) in [4.78, 5) is 10.3. The molecule has 11 heavy (non-hydrogen) atoms. The molecule has 0 spiro atoms. The molecule has 0 amide bonds. The summed E-state index contributed by atoms with van der Waals surface area (Å²) >= 11 is 0. The molecule has 3 heteroatoms. The van der Waals surface area contributed by atoms with Crippen molar-refractivity contribution >= 4 is 5.97 Å². The van der Waals surface area contributed by atoms with Gasteiger partial charge in [-0.3, -0.25) is 0 Å². The molecule has 0 radical (unpaired) electrons. The summed E-state index contributed by atoms with van der Waals surface area (Å²) in [5, 5.41) is 8.48. The number of carboxylic acids is 1. The van der Waals surface area contributed by atoms with Crippen molar-refractivity contribution in [2.45, 2.75) is 6.92 Å². The fourth-order valence-corrected chi connectivity index (χ4v) is 0.696. The second-order valence-corrected chi connectivity index (χ2v) is 2.17. The predicted molar refractivity (Wildman–Crippen MR) is 38.1 cm³/mol. The summed E-state index contributed by atoms with van der Waals surface area (Å²) < 4.78 is 0. The number of benzene rings is 1. The molecule has 0 heterocycles. The van der Waals surface area contributed by atoms with Gasteiger partial charge in [0.2, 0.25) is 0 Å². The van der Waals surface area contributed by atoms with Gasteiger partial charge in [-0.1, -0.05) is 17.7 Å². The van der Waals surface area contributed by atoms with E-state index in [-0.39, 0.29) is 41.7 Å². The molecular weight excluding hydrogens is 268 g/mol. The fraction of sp³-hybridized carbons (Fsp3) is 0.125. The molecule has 0 fully saturated rings. The van der Waals surface area contributed by atoms with Crippen LogP contribution in [0.3, 0.4) is 0 Å². The zero-order valence-corrected chi connectivity index (χ0v) is 9.30. The maximum Gasteiger partial charge on any atom is 0.335 e. The second kappa shape index (κ2) is 4.85. The van der Waals surface area contributed by atoms with Crippen LogP contribution in [0.1, 0.15) is 15.9 Å². The van der Waals surface area contributed by atoms with Crippen molar-refractivity contribution in [2.75, 3.05) is 0 Å². The summed E-state index contributed by atoms with van der Waals surface area (Å²) in [7, 11) is 0. The van der Waals surface area contributed by atoms with Gasteiger partial charge < -0.3 is 5.11 Å². The summed E-state index contributed by atoms with van der Waals surface area (Å²) in [6.45, 7) is 1.92. The molecule has 0 saturated heterocycles. The summed E-state index contributed by atoms with van der Waals surface area (Å²) in [5.74, 6) is -0.875. The van der Waals surface area contributed by atoms with E-state index in [9.17, 15) is 4.79 Å². The Morgan fingerprint density at radius 2 is 1.73 bits per heavy atom. The van der Waals surface area contributed by atoms with Crippen LogP contribution in [-0.2, 0) is 0 Å². The Labute approximate surface area is 99.0 Å². The molecule has 1 aromatic rings. The maximum absolute atomic E-state index is 10.3. The van der Waals surface area contributed by atoms with Crippen LogP contribution in [0.2, 0.25) is 0 Å². The van der Waals surface area contributed by atoms with Crippen LogP contribution in [0, 0.1) is 48.7 Å². The van der Waals surface area contributed by atoms with E-state index in [0.717, 1.165) is 5.56 Å².